The van der Waals surface area contributed by atoms with Crippen LogP contribution >= 0.6 is 23.2 Å². The van der Waals surface area contributed by atoms with E-state index in [2.05, 4.69) is 56.4 Å². The summed E-state index contributed by atoms with van der Waals surface area (Å²) in [6, 6.07) is 20.7. The molecule has 4 aromatic heterocycles. The molecule has 8 rings (SSSR count). The van der Waals surface area contributed by atoms with Crippen molar-refractivity contribution in [2.75, 3.05) is 36.8 Å². The lowest BCUT2D eigenvalue weighted by atomic mass is 10.2. The first-order valence-corrected chi connectivity index (χ1v) is 31.2. The molecule has 0 saturated heterocycles. The average molecular weight is 1410 g/mol. The number of hydrogen-bond acceptors (Lipinski definition) is 20. The van der Waals surface area contributed by atoms with Crippen LogP contribution in [0.2, 0.25) is 10.0 Å². The van der Waals surface area contributed by atoms with Gasteiger partial charge in [0.15, 0.2) is 23.3 Å². The Bertz CT molecular complexity index is 4370. The molecule has 0 fully saturated rings. The molecular weight excluding hydrogens is 1330 g/mol. The van der Waals surface area contributed by atoms with E-state index in [4.69, 9.17) is 47.9 Å². The fourth-order valence-electron chi connectivity index (χ4n) is 8.46. The number of carbonyl (C=O) groups is 5. The van der Waals surface area contributed by atoms with Gasteiger partial charge < -0.3 is 45.9 Å². The maximum absolute atomic E-state index is 13.7. The monoisotopic (exact) mass is 1410 g/mol. The van der Waals surface area contributed by atoms with Gasteiger partial charge in [0.25, 0.3) is 0 Å². The minimum absolute atomic E-state index is 0.0387. The molecule has 6 N–H and O–H groups in total. The van der Waals surface area contributed by atoms with Crippen molar-refractivity contribution in [3.63, 3.8) is 0 Å². The van der Waals surface area contributed by atoms with Gasteiger partial charge in [-0.1, -0.05) is 35.3 Å². The topological polar surface area (TPSA) is 320 Å². The van der Waals surface area contributed by atoms with Gasteiger partial charge in [0.05, 0.1) is 27.7 Å². The number of halogens is 5. The van der Waals surface area contributed by atoms with E-state index in [1.807, 2.05) is 19.9 Å². The van der Waals surface area contributed by atoms with E-state index in [0.717, 1.165) is 48.8 Å². The fraction of sp³-hybridized carbons (Fsp3) is 0.353. The first-order chi connectivity index (χ1) is 45.8. The Hall–Kier alpha value is -10.6. The maximum Gasteiger partial charge on any atom is 0.435 e. The van der Waals surface area contributed by atoms with Crippen molar-refractivity contribution in [3.05, 3.63) is 152 Å². The van der Waals surface area contributed by atoms with Gasteiger partial charge in [-0.2, -0.15) is 37.5 Å². The van der Waals surface area contributed by atoms with Gasteiger partial charge in [-0.15, -0.1) is 10.2 Å². The average Bonchev–Trinajstić information content (AvgIpc) is 1.73. The number of carbonyl (C=O) groups excluding carboxylic acids is 6. The first-order valence-electron chi connectivity index (χ1n) is 30.4. The van der Waals surface area contributed by atoms with Crippen LogP contribution in [-0.2, 0) is 29.9 Å². The van der Waals surface area contributed by atoms with Gasteiger partial charge in [0.1, 0.15) is 22.4 Å². The molecule has 0 aliphatic heterocycles. The summed E-state index contributed by atoms with van der Waals surface area (Å²) in [6.45, 7) is 33.2. The summed E-state index contributed by atoms with van der Waals surface area (Å²) >= 11 is 11.4. The lowest BCUT2D eigenvalue weighted by Crippen LogP contribution is -2.35. The van der Waals surface area contributed by atoms with Crippen LogP contribution < -0.4 is 36.8 Å². The summed E-state index contributed by atoms with van der Waals surface area (Å²) in [5.41, 5.74) is 8.65. The molecule has 4 heterocycles. The second-order valence-electron chi connectivity index (χ2n) is 26.4. The predicted molar refractivity (Wildman–Crippen MR) is 374 cm³/mol. The van der Waals surface area contributed by atoms with Crippen molar-refractivity contribution in [1.29, 1.82) is 0 Å². The Morgan fingerprint density at radius 1 is 0.525 bits per heavy atom. The smallest absolute Gasteiger partial charge is 0.435 e. The SMILES string of the molecule is Cc1cc(N=C=O)ccc1Cl.Cc1ccc(N)cc1Nc1ncc(C)c(N(C(=O)OC(C)(C)C)c2cc(C)n(C(=O)OC(C)(C)C)n2)n1.Cc1ccc(NC(=O)Nc2ccc(Cl)c(C(F)(F)F)c2)cc1Nc1ncc(C)c(N(C(=O)OC(C)(C)C)c2cc(C)n(C(=O)OC(C)(C)C)n2)n1. The van der Waals surface area contributed by atoms with Crippen molar-refractivity contribution in [2.24, 2.45) is 4.99 Å². The molecule has 31 heteroatoms. The van der Waals surface area contributed by atoms with Crippen molar-refractivity contribution in [1.82, 2.24) is 39.5 Å². The van der Waals surface area contributed by atoms with Crippen molar-refractivity contribution >= 4 is 129 Å². The standard InChI is InChI=1S/C34H38ClF3N8O5.C26H35N7O4.C8H6ClNO/c1-18-10-11-22(41-29(47)40-21-12-13-24(35)23(15-21)34(36,37)38)16-25(18)42-28-39-17-19(2)27(43-28)45(30(48)50-32(4,5)6)26-14-20(3)46(44-26)31(49)51-33(7,8)9;1-15-10-11-18(27)13-19(15)29-22-28-14-16(2)21(30-22)32(23(34)36-25(4,5)6)20-12-17(3)33(31-20)24(35)37-26(7,8)9;1-6-4-7(10-5-11)2-3-8(6)9/h10-17H,1-9H3,(H,39,42,43)(H2,40,41,47);10-14H,27H2,1-9H3,(H,28,29,30);2-4H,1H3. The number of nitrogen functional groups attached to an aromatic ring is 1. The molecule has 526 valence electrons. The number of anilines is 11. The lowest BCUT2D eigenvalue weighted by molar-refractivity contribution is -0.137. The highest BCUT2D eigenvalue weighted by Gasteiger charge is 2.36. The molecule has 26 nitrogen and oxygen atoms in total. The number of aliphatic imine (C=N–C) groups is 1. The quantitative estimate of drug-likeness (QED) is 0.0348. The van der Waals surface area contributed by atoms with E-state index in [1.165, 1.54) is 29.3 Å². The molecular formula is C68H79Cl2F3N16O10. The van der Waals surface area contributed by atoms with Crippen molar-refractivity contribution < 1.29 is 60.9 Å². The molecule has 0 saturated carbocycles. The van der Waals surface area contributed by atoms with E-state index in [1.54, 1.807) is 178 Å². The zero-order chi connectivity index (χ0) is 74.0. The number of aromatic nitrogens is 8. The van der Waals surface area contributed by atoms with Crippen LogP contribution in [0.1, 0.15) is 128 Å². The molecule has 0 unspecified atom stereocenters. The molecule has 0 spiro atoms. The van der Waals surface area contributed by atoms with Crippen molar-refractivity contribution in [3.8, 4) is 0 Å². The number of aryl methyl sites for hydroxylation is 7. The molecule has 4 amide bonds. The third-order valence-corrected chi connectivity index (χ3v) is 13.7. The highest BCUT2D eigenvalue weighted by atomic mass is 35.5. The minimum atomic E-state index is -4.70. The Labute approximate surface area is 580 Å². The van der Waals surface area contributed by atoms with E-state index >= 15 is 0 Å². The summed E-state index contributed by atoms with van der Waals surface area (Å²) in [6.07, 6.45) is -3.12. The Morgan fingerprint density at radius 2 is 0.939 bits per heavy atom. The molecule has 4 aromatic carbocycles. The first kappa shape index (κ1) is 77.4. The van der Waals surface area contributed by atoms with E-state index in [9.17, 15) is 41.9 Å². The van der Waals surface area contributed by atoms with E-state index in [-0.39, 0.29) is 46.5 Å². The van der Waals surface area contributed by atoms with Crippen LogP contribution in [-0.4, -0.2) is 98.4 Å². The number of benzene rings is 4. The maximum atomic E-state index is 13.7. The zero-order valence-corrected chi connectivity index (χ0v) is 59.7. The third-order valence-electron chi connectivity index (χ3n) is 12.9. The summed E-state index contributed by atoms with van der Waals surface area (Å²) in [5, 5.41) is 20.1. The fourth-order valence-corrected chi connectivity index (χ4v) is 8.80. The van der Waals surface area contributed by atoms with Gasteiger partial charge in [0, 0.05) is 69.1 Å². The minimum Gasteiger partial charge on any atom is -0.443 e. The third kappa shape index (κ3) is 22.5. The highest BCUT2D eigenvalue weighted by Crippen LogP contribution is 2.38. The number of nitrogens with one attached hydrogen (secondary N) is 4. The highest BCUT2D eigenvalue weighted by molar-refractivity contribution is 6.31. The Balaban J connectivity index is 0.000000279. The number of hydrogen-bond donors (Lipinski definition) is 5. The lowest BCUT2D eigenvalue weighted by Gasteiger charge is -2.26. The normalized spacial score (nSPS) is 11.5. The molecule has 0 radical (unpaired) electrons. The van der Waals surface area contributed by atoms with Gasteiger partial charge >= 0.3 is 36.6 Å². The number of nitrogens with zero attached hydrogens (tertiary/aromatic N) is 11. The van der Waals surface area contributed by atoms with Crippen LogP contribution in [0.15, 0.2) is 102 Å². The van der Waals surface area contributed by atoms with Gasteiger partial charge in [0.2, 0.25) is 18.0 Å². The number of isocyanates is 1. The molecule has 0 bridgehead atoms. The number of amides is 4. The molecule has 99 heavy (non-hydrogen) atoms. The van der Waals surface area contributed by atoms with Crippen LogP contribution in [0, 0.1) is 48.5 Å². The summed E-state index contributed by atoms with van der Waals surface area (Å²) in [5.74, 6) is 0.816. The number of nitrogens with two attached hydrogens (primary N) is 1. The number of ether oxygens (including phenoxy) is 4. The number of rotatable bonds is 11. The van der Waals surface area contributed by atoms with Gasteiger partial charge in [-0.3, -0.25) is 0 Å². The second kappa shape index (κ2) is 31.3. The second-order valence-corrected chi connectivity index (χ2v) is 27.2. The molecule has 0 aliphatic carbocycles. The van der Waals surface area contributed by atoms with Crippen LogP contribution in [0.25, 0.3) is 0 Å². The summed E-state index contributed by atoms with van der Waals surface area (Å²) < 4.78 is 64.2. The summed E-state index contributed by atoms with van der Waals surface area (Å²) in [7, 11) is 0. The van der Waals surface area contributed by atoms with Crippen molar-refractivity contribution in [2.45, 2.75) is 160 Å². The largest absolute Gasteiger partial charge is 0.443 e. The van der Waals surface area contributed by atoms with E-state index in [0.29, 0.717) is 44.6 Å². The molecule has 8 aromatic rings. The van der Waals surface area contributed by atoms with Crippen LogP contribution in [0.5, 0.6) is 0 Å². The van der Waals surface area contributed by atoms with Gasteiger partial charge in [-0.25, -0.2) is 48.5 Å². The summed E-state index contributed by atoms with van der Waals surface area (Å²) in [4.78, 5) is 99.0. The van der Waals surface area contributed by atoms with Gasteiger partial charge in [-0.05, 0) is 209 Å². The number of urea groups is 1. The Morgan fingerprint density at radius 3 is 1.36 bits per heavy atom. The molecule has 0 aliphatic rings. The Kier molecular flexibility index (Phi) is 24.4. The number of alkyl halides is 3. The van der Waals surface area contributed by atoms with Crippen LogP contribution in [0.4, 0.5) is 106 Å². The zero-order valence-electron chi connectivity index (χ0n) is 58.2. The van der Waals surface area contributed by atoms with Crippen LogP contribution in [0.3, 0.4) is 0 Å². The van der Waals surface area contributed by atoms with E-state index < -0.39 is 69.6 Å². The predicted octanol–water partition coefficient (Wildman–Crippen LogP) is 17.9. The molecule has 0 atom stereocenters.